The normalized spacial score (nSPS) is 11.7. The van der Waals surface area contributed by atoms with E-state index in [1.807, 2.05) is 0 Å². The van der Waals surface area contributed by atoms with Crippen LogP contribution in [-0.2, 0) is 24.1 Å². The summed E-state index contributed by atoms with van der Waals surface area (Å²) in [5.74, 6) is -0.764. The Morgan fingerprint density at radius 2 is 1.81 bits per heavy atom. The third-order valence-electron chi connectivity index (χ3n) is 4.71. The fourth-order valence-electron chi connectivity index (χ4n) is 3.11. The third kappa shape index (κ3) is 4.52. The number of oxazole rings is 1. The minimum absolute atomic E-state index is 0.0923. The van der Waals surface area contributed by atoms with Gasteiger partial charge in [-0.15, -0.1) is 0 Å². The lowest BCUT2D eigenvalue weighted by molar-refractivity contribution is -0.141. The first-order valence-corrected chi connectivity index (χ1v) is 9.38. The highest BCUT2D eigenvalue weighted by molar-refractivity contribution is 5.76. The van der Waals surface area contributed by atoms with E-state index in [9.17, 15) is 22.8 Å². The molecule has 0 aliphatic rings. The number of nitrogens with one attached hydrogen (secondary N) is 1. The number of nitrogens with zero attached hydrogens (tertiary/aromatic N) is 3. The van der Waals surface area contributed by atoms with Gasteiger partial charge in [-0.3, -0.25) is 9.36 Å². The van der Waals surface area contributed by atoms with Gasteiger partial charge in [0.15, 0.2) is 11.3 Å². The molecule has 0 saturated carbocycles. The van der Waals surface area contributed by atoms with Crippen LogP contribution in [0.15, 0.2) is 70.0 Å². The van der Waals surface area contributed by atoms with Gasteiger partial charge in [0, 0.05) is 25.7 Å². The average Bonchev–Trinajstić information content (AvgIpc) is 3.36. The van der Waals surface area contributed by atoms with Gasteiger partial charge in [-0.25, -0.2) is 9.48 Å². The van der Waals surface area contributed by atoms with Crippen molar-refractivity contribution in [3.63, 3.8) is 0 Å². The number of aryl methyl sites for hydroxylation is 1. The predicted molar refractivity (Wildman–Crippen MR) is 106 cm³/mol. The Balaban J connectivity index is 1.33. The summed E-state index contributed by atoms with van der Waals surface area (Å²) >= 11 is 0. The molecule has 0 spiro atoms. The first kappa shape index (κ1) is 20.5. The Hall–Kier alpha value is -3.82. The molecule has 0 bridgehead atoms. The van der Waals surface area contributed by atoms with Crippen LogP contribution < -0.4 is 11.1 Å². The molecule has 160 valence electrons. The van der Waals surface area contributed by atoms with Crippen LogP contribution in [0.3, 0.4) is 0 Å². The van der Waals surface area contributed by atoms with Crippen molar-refractivity contribution in [1.82, 2.24) is 19.7 Å². The Bertz CT molecular complexity index is 1270. The standard InChI is InChI=1S/C21H17F3N4O3/c22-21(23,24)18-9-12-28(26-18)15-7-5-14(6-8-15)13-25-19(29)10-11-27-16-3-1-2-4-17(16)31-20(27)30/h1-9,12H,10-11,13H2,(H,25,29). The molecule has 0 aliphatic heterocycles. The van der Waals surface area contributed by atoms with Crippen LogP contribution in [0.4, 0.5) is 13.2 Å². The van der Waals surface area contributed by atoms with E-state index in [4.69, 9.17) is 4.42 Å². The lowest BCUT2D eigenvalue weighted by atomic mass is 10.2. The zero-order valence-corrected chi connectivity index (χ0v) is 16.1. The molecular weight excluding hydrogens is 413 g/mol. The Morgan fingerprint density at radius 1 is 1.06 bits per heavy atom. The number of alkyl halides is 3. The first-order chi connectivity index (χ1) is 14.8. The lowest BCUT2D eigenvalue weighted by Crippen LogP contribution is -2.25. The molecule has 2 aromatic heterocycles. The van der Waals surface area contributed by atoms with E-state index in [-0.39, 0.29) is 25.4 Å². The Morgan fingerprint density at radius 3 is 2.52 bits per heavy atom. The summed E-state index contributed by atoms with van der Waals surface area (Å²) in [5.41, 5.74) is 1.37. The van der Waals surface area contributed by atoms with Crippen molar-refractivity contribution in [2.75, 3.05) is 0 Å². The minimum Gasteiger partial charge on any atom is -0.408 e. The molecular formula is C21H17F3N4O3. The van der Waals surface area contributed by atoms with Gasteiger partial charge in [0.2, 0.25) is 5.91 Å². The Labute approximate surface area is 173 Å². The monoisotopic (exact) mass is 430 g/mol. The van der Waals surface area contributed by atoms with Crippen LogP contribution in [0.2, 0.25) is 0 Å². The van der Waals surface area contributed by atoms with Gasteiger partial charge >= 0.3 is 11.9 Å². The molecule has 0 fully saturated rings. The van der Waals surface area contributed by atoms with Gasteiger partial charge in [-0.05, 0) is 35.9 Å². The number of carbonyl (C=O) groups excluding carboxylic acids is 1. The largest absolute Gasteiger partial charge is 0.435 e. The van der Waals surface area contributed by atoms with E-state index in [0.29, 0.717) is 16.8 Å². The molecule has 31 heavy (non-hydrogen) atoms. The molecule has 0 unspecified atom stereocenters. The summed E-state index contributed by atoms with van der Waals surface area (Å²) in [7, 11) is 0. The van der Waals surface area contributed by atoms with E-state index in [0.717, 1.165) is 16.3 Å². The molecule has 0 aliphatic carbocycles. The molecule has 0 radical (unpaired) electrons. The number of rotatable bonds is 6. The zero-order chi connectivity index (χ0) is 22.0. The van der Waals surface area contributed by atoms with E-state index in [1.165, 1.54) is 10.8 Å². The highest BCUT2D eigenvalue weighted by Gasteiger charge is 2.33. The summed E-state index contributed by atoms with van der Waals surface area (Å²) in [6, 6.07) is 14.5. The van der Waals surface area contributed by atoms with Crippen LogP contribution in [0.5, 0.6) is 0 Å². The Kier molecular flexibility index (Phi) is 5.37. The fourth-order valence-corrected chi connectivity index (χ4v) is 3.11. The first-order valence-electron chi connectivity index (χ1n) is 9.38. The van der Waals surface area contributed by atoms with Crippen molar-refractivity contribution in [3.05, 3.63) is 82.6 Å². The number of amides is 1. The molecule has 1 N–H and O–H groups in total. The van der Waals surface area contributed by atoms with Gasteiger partial charge in [0.05, 0.1) is 11.2 Å². The van der Waals surface area contributed by atoms with Gasteiger partial charge < -0.3 is 9.73 Å². The van der Waals surface area contributed by atoms with Crippen LogP contribution in [0.1, 0.15) is 17.7 Å². The maximum absolute atomic E-state index is 12.7. The smallest absolute Gasteiger partial charge is 0.408 e. The van der Waals surface area contributed by atoms with Crippen LogP contribution >= 0.6 is 0 Å². The van der Waals surface area contributed by atoms with Crippen molar-refractivity contribution < 1.29 is 22.4 Å². The maximum atomic E-state index is 12.7. The van der Waals surface area contributed by atoms with Crippen molar-refractivity contribution in [1.29, 1.82) is 0 Å². The summed E-state index contributed by atoms with van der Waals surface area (Å²) in [4.78, 5) is 24.1. The molecule has 2 aromatic carbocycles. The van der Waals surface area contributed by atoms with Crippen LogP contribution in [0.25, 0.3) is 16.8 Å². The van der Waals surface area contributed by atoms with Crippen molar-refractivity contribution in [2.45, 2.75) is 25.7 Å². The van der Waals surface area contributed by atoms with Crippen LogP contribution in [-0.4, -0.2) is 20.3 Å². The summed E-state index contributed by atoms with van der Waals surface area (Å²) < 4.78 is 45.7. The maximum Gasteiger partial charge on any atom is 0.435 e. The second-order valence-electron chi connectivity index (χ2n) is 6.82. The SMILES string of the molecule is O=C(CCn1c(=O)oc2ccccc21)NCc1ccc(-n2ccc(C(F)(F)F)n2)cc1. The molecule has 0 saturated heterocycles. The second kappa shape index (κ2) is 8.13. The molecule has 4 rings (SSSR count). The average molecular weight is 430 g/mol. The topological polar surface area (TPSA) is 82.1 Å². The van der Waals surface area contributed by atoms with Crippen LogP contribution in [0, 0.1) is 0 Å². The van der Waals surface area contributed by atoms with Gasteiger partial charge in [-0.2, -0.15) is 18.3 Å². The lowest BCUT2D eigenvalue weighted by Gasteiger charge is -2.07. The predicted octanol–water partition coefficient (Wildman–Crippen LogP) is 3.51. The van der Waals surface area contributed by atoms with Crippen molar-refractivity contribution in [2.24, 2.45) is 0 Å². The zero-order valence-electron chi connectivity index (χ0n) is 16.1. The fraction of sp³-hybridized carbons (Fsp3) is 0.190. The van der Waals surface area contributed by atoms with Crippen molar-refractivity contribution >= 4 is 17.0 Å². The summed E-state index contributed by atoms with van der Waals surface area (Å²) in [6.45, 7) is 0.425. The minimum atomic E-state index is -4.50. The van der Waals surface area contributed by atoms with E-state index in [1.54, 1.807) is 48.5 Å². The summed E-state index contributed by atoms with van der Waals surface area (Å²) in [6.07, 6.45) is -3.17. The van der Waals surface area contributed by atoms with E-state index in [2.05, 4.69) is 10.4 Å². The second-order valence-corrected chi connectivity index (χ2v) is 6.82. The number of fused-ring (bicyclic) bond motifs is 1. The van der Waals surface area contributed by atoms with Crippen molar-refractivity contribution in [3.8, 4) is 5.69 Å². The number of aromatic nitrogens is 3. The third-order valence-corrected chi connectivity index (χ3v) is 4.71. The van der Waals surface area contributed by atoms with E-state index >= 15 is 0 Å². The van der Waals surface area contributed by atoms with Gasteiger partial charge in [-0.1, -0.05) is 24.3 Å². The number of para-hydroxylation sites is 2. The molecule has 1 amide bonds. The quantitative estimate of drug-likeness (QED) is 0.508. The van der Waals surface area contributed by atoms with Gasteiger partial charge in [0.1, 0.15) is 0 Å². The number of hydrogen-bond donors (Lipinski definition) is 1. The number of hydrogen-bond acceptors (Lipinski definition) is 4. The molecule has 0 atom stereocenters. The number of benzene rings is 2. The van der Waals surface area contributed by atoms with Gasteiger partial charge in [0.25, 0.3) is 0 Å². The summed E-state index contributed by atoms with van der Waals surface area (Å²) in [5, 5.41) is 6.28. The molecule has 10 heteroatoms. The number of halogens is 3. The highest BCUT2D eigenvalue weighted by atomic mass is 19.4. The molecule has 2 heterocycles. The molecule has 7 nitrogen and oxygen atoms in total. The highest BCUT2D eigenvalue weighted by Crippen LogP contribution is 2.27. The van der Waals surface area contributed by atoms with E-state index < -0.39 is 17.6 Å². The number of carbonyl (C=O) groups is 1. The molecule has 4 aromatic rings.